The average Bonchev–Trinajstić information content (AvgIpc) is 3.23. The summed E-state index contributed by atoms with van der Waals surface area (Å²) in [5.41, 5.74) is 5.39. The molecule has 0 saturated carbocycles. The summed E-state index contributed by atoms with van der Waals surface area (Å²) in [6, 6.07) is 10.9. The second-order valence-electron chi connectivity index (χ2n) is 8.13. The Hall–Kier alpha value is -4.67. The average molecular weight is 477 g/mol. The topological polar surface area (TPSA) is 180 Å². The summed E-state index contributed by atoms with van der Waals surface area (Å²) in [5.74, 6) is -2.94. The quantitative estimate of drug-likeness (QED) is 0.238. The molecule has 0 fully saturated rings. The van der Waals surface area contributed by atoms with Crippen LogP contribution in [0.25, 0.3) is 21.8 Å². The van der Waals surface area contributed by atoms with E-state index >= 15 is 0 Å². The number of primary amides is 1. The zero-order valence-electron chi connectivity index (χ0n) is 18.5. The molecule has 11 heteroatoms. The van der Waals surface area contributed by atoms with E-state index in [1.807, 2.05) is 24.3 Å². The van der Waals surface area contributed by atoms with E-state index in [2.05, 4.69) is 15.3 Å². The van der Waals surface area contributed by atoms with Gasteiger partial charge in [0.25, 0.3) is 5.56 Å². The van der Waals surface area contributed by atoms with Gasteiger partial charge >= 0.3 is 11.7 Å². The molecule has 11 nitrogen and oxygen atoms in total. The van der Waals surface area contributed by atoms with Gasteiger partial charge in [-0.1, -0.05) is 30.3 Å². The first-order valence-corrected chi connectivity index (χ1v) is 10.9. The Bertz CT molecular complexity index is 1550. The smallest absolute Gasteiger partial charge is 0.329 e. The molecule has 4 aromatic rings. The van der Waals surface area contributed by atoms with Crippen LogP contribution in [0, 0.1) is 0 Å². The monoisotopic (exact) mass is 477 g/mol. The predicted octanol–water partition coefficient (Wildman–Crippen LogP) is 0.790. The number of nitrogens with one attached hydrogen (secondary N) is 3. The molecule has 0 aliphatic rings. The molecule has 2 heterocycles. The second kappa shape index (κ2) is 9.67. The SMILES string of the molecule is NC(=O)CCC(NC(=O)C(Cc1c[nH]c2ccccc12)n1c(=O)[nH]c2ccccc2c1=O)C(=O)O. The fourth-order valence-corrected chi connectivity index (χ4v) is 4.08. The minimum Gasteiger partial charge on any atom is -0.480 e. The number of carbonyl (C=O) groups excluding carboxylic acids is 2. The number of carboxylic acids is 1. The molecule has 2 unspecified atom stereocenters. The molecule has 0 bridgehead atoms. The van der Waals surface area contributed by atoms with Gasteiger partial charge in [-0.15, -0.1) is 0 Å². The van der Waals surface area contributed by atoms with Gasteiger partial charge in [-0.3, -0.25) is 14.4 Å². The molecule has 4 rings (SSSR count). The number of carbonyl (C=O) groups is 3. The van der Waals surface area contributed by atoms with Crippen molar-refractivity contribution in [1.82, 2.24) is 19.9 Å². The van der Waals surface area contributed by atoms with Gasteiger partial charge in [0.15, 0.2) is 0 Å². The molecule has 0 aliphatic heterocycles. The third-order valence-electron chi connectivity index (χ3n) is 5.83. The van der Waals surface area contributed by atoms with Crippen molar-refractivity contribution >= 4 is 39.6 Å². The Balaban J connectivity index is 1.80. The molecule has 2 amide bonds. The number of benzene rings is 2. The highest BCUT2D eigenvalue weighted by Crippen LogP contribution is 2.22. The van der Waals surface area contributed by atoms with Crippen LogP contribution in [0.5, 0.6) is 0 Å². The Labute approximate surface area is 197 Å². The number of para-hydroxylation sites is 2. The van der Waals surface area contributed by atoms with E-state index in [1.54, 1.807) is 24.4 Å². The number of fused-ring (bicyclic) bond motifs is 2. The van der Waals surface area contributed by atoms with Gasteiger partial charge in [-0.25, -0.2) is 14.2 Å². The molecule has 0 aliphatic carbocycles. The second-order valence-corrected chi connectivity index (χ2v) is 8.13. The first-order chi connectivity index (χ1) is 16.8. The first-order valence-electron chi connectivity index (χ1n) is 10.9. The molecule has 0 saturated heterocycles. The molecule has 0 radical (unpaired) electrons. The summed E-state index contributed by atoms with van der Waals surface area (Å²) < 4.78 is 0.798. The van der Waals surface area contributed by atoms with Crippen molar-refractivity contribution in [1.29, 1.82) is 0 Å². The highest BCUT2D eigenvalue weighted by atomic mass is 16.4. The lowest BCUT2D eigenvalue weighted by Crippen LogP contribution is -2.49. The number of carboxylic acid groups (broad SMARTS) is 1. The van der Waals surface area contributed by atoms with Crippen LogP contribution in [0.4, 0.5) is 0 Å². The lowest BCUT2D eigenvalue weighted by Gasteiger charge is -2.21. The molecule has 2 aromatic carbocycles. The maximum Gasteiger partial charge on any atom is 0.329 e. The van der Waals surface area contributed by atoms with Crippen LogP contribution in [0.3, 0.4) is 0 Å². The summed E-state index contributed by atoms with van der Waals surface area (Å²) in [5, 5.41) is 12.9. The van der Waals surface area contributed by atoms with Gasteiger partial charge in [-0.05, 0) is 30.2 Å². The van der Waals surface area contributed by atoms with Crippen molar-refractivity contribution in [2.75, 3.05) is 0 Å². The van der Waals surface area contributed by atoms with Gasteiger partial charge in [0.1, 0.15) is 12.1 Å². The Kier molecular flexibility index (Phi) is 6.49. The van der Waals surface area contributed by atoms with E-state index in [0.717, 1.165) is 15.5 Å². The van der Waals surface area contributed by atoms with Gasteiger partial charge in [0.2, 0.25) is 11.8 Å². The third-order valence-corrected chi connectivity index (χ3v) is 5.83. The highest BCUT2D eigenvalue weighted by Gasteiger charge is 2.30. The number of H-pyrrole nitrogens is 2. The van der Waals surface area contributed by atoms with Crippen LogP contribution in [-0.4, -0.2) is 43.5 Å². The van der Waals surface area contributed by atoms with Gasteiger partial charge < -0.3 is 26.1 Å². The van der Waals surface area contributed by atoms with E-state index in [0.29, 0.717) is 11.1 Å². The molecule has 35 heavy (non-hydrogen) atoms. The molecular weight excluding hydrogens is 454 g/mol. The van der Waals surface area contributed by atoms with E-state index in [-0.39, 0.29) is 24.6 Å². The minimum atomic E-state index is -1.43. The number of aliphatic carboxylic acids is 1. The Morgan fingerprint density at radius 2 is 1.66 bits per heavy atom. The standard InChI is InChI=1S/C24H23N5O6/c25-20(30)10-9-18(23(33)34)27-21(31)19(11-13-12-26-16-7-3-1-5-14(13)16)29-22(32)15-6-2-4-8-17(15)28-24(29)35/h1-8,12,18-19,26H,9-11H2,(H2,25,30)(H,27,31)(H,28,35)(H,33,34). The van der Waals surface area contributed by atoms with E-state index in [9.17, 15) is 29.1 Å². The number of aromatic amines is 2. The van der Waals surface area contributed by atoms with Crippen LogP contribution in [0.1, 0.15) is 24.4 Å². The number of hydrogen-bond acceptors (Lipinski definition) is 5. The summed E-state index contributed by atoms with van der Waals surface area (Å²) in [4.78, 5) is 68.2. The lowest BCUT2D eigenvalue weighted by molar-refractivity contribution is -0.142. The Morgan fingerprint density at radius 3 is 2.34 bits per heavy atom. The molecule has 180 valence electrons. The van der Waals surface area contributed by atoms with E-state index < -0.39 is 41.1 Å². The zero-order chi connectivity index (χ0) is 25.1. The lowest BCUT2D eigenvalue weighted by atomic mass is 10.0. The molecule has 6 N–H and O–H groups in total. The van der Waals surface area contributed by atoms with Crippen molar-refractivity contribution in [3.63, 3.8) is 0 Å². The normalized spacial score (nSPS) is 12.9. The number of nitrogens with two attached hydrogens (primary N) is 1. The maximum absolute atomic E-state index is 13.4. The van der Waals surface area contributed by atoms with E-state index in [4.69, 9.17) is 5.73 Å². The first kappa shape index (κ1) is 23.5. The number of rotatable bonds is 9. The van der Waals surface area contributed by atoms with Crippen molar-refractivity contribution in [3.05, 3.63) is 81.1 Å². The number of nitrogens with zero attached hydrogens (tertiary/aromatic N) is 1. The molecular formula is C24H23N5O6. The summed E-state index contributed by atoms with van der Waals surface area (Å²) >= 11 is 0. The van der Waals surface area contributed by atoms with Crippen molar-refractivity contribution < 1.29 is 19.5 Å². The van der Waals surface area contributed by atoms with Gasteiger partial charge in [0, 0.05) is 29.9 Å². The fourth-order valence-electron chi connectivity index (χ4n) is 4.08. The summed E-state index contributed by atoms with van der Waals surface area (Å²) in [6.07, 6.45) is 1.10. The van der Waals surface area contributed by atoms with Crippen molar-refractivity contribution in [2.24, 2.45) is 5.73 Å². The number of hydrogen-bond donors (Lipinski definition) is 5. The highest BCUT2D eigenvalue weighted by molar-refractivity contribution is 5.88. The number of aromatic nitrogens is 3. The van der Waals surface area contributed by atoms with Crippen LogP contribution in [-0.2, 0) is 20.8 Å². The van der Waals surface area contributed by atoms with Crippen LogP contribution in [0.2, 0.25) is 0 Å². The van der Waals surface area contributed by atoms with Crippen LogP contribution >= 0.6 is 0 Å². The molecule has 2 atom stereocenters. The molecule has 0 spiro atoms. The molecule has 2 aromatic heterocycles. The summed E-state index contributed by atoms with van der Waals surface area (Å²) in [7, 11) is 0. The van der Waals surface area contributed by atoms with Crippen LogP contribution in [0.15, 0.2) is 64.3 Å². The Morgan fingerprint density at radius 1 is 1.00 bits per heavy atom. The number of amides is 2. The van der Waals surface area contributed by atoms with Crippen molar-refractivity contribution in [3.8, 4) is 0 Å². The van der Waals surface area contributed by atoms with Crippen molar-refractivity contribution in [2.45, 2.75) is 31.3 Å². The predicted molar refractivity (Wildman–Crippen MR) is 128 cm³/mol. The largest absolute Gasteiger partial charge is 0.480 e. The summed E-state index contributed by atoms with van der Waals surface area (Å²) in [6.45, 7) is 0. The van der Waals surface area contributed by atoms with Gasteiger partial charge in [-0.2, -0.15) is 0 Å². The van der Waals surface area contributed by atoms with E-state index in [1.165, 1.54) is 6.07 Å². The van der Waals surface area contributed by atoms with Gasteiger partial charge in [0.05, 0.1) is 10.9 Å². The zero-order valence-corrected chi connectivity index (χ0v) is 18.5. The van der Waals surface area contributed by atoms with Crippen LogP contribution < -0.4 is 22.3 Å². The fraction of sp³-hybridized carbons (Fsp3) is 0.208. The maximum atomic E-state index is 13.4. The minimum absolute atomic E-state index is 0.0701. The third kappa shape index (κ3) is 4.83.